The van der Waals surface area contributed by atoms with E-state index in [9.17, 15) is 8.42 Å². The van der Waals surface area contributed by atoms with Gasteiger partial charge in [-0.15, -0.1) is 0 Å². The highest BCUT2D eigenvalue weighted by Crippen LogP contribution is 2.24. The molecule has 0 amide bonds. The van der Waals surface area contributed by atoms with Gasteiger partial charge in [0.15, 0.2) is 5.82 Å². The summed E-state index contributed by atoms with van der Waals surface area (Å²) in [5, 5.41) is 4.55. The van der Waals surface area contributed by atoms with Gasteiger partial charge < -0.3 is 9.47 Å². The molecule has 182 valence electrons. The summed E-state index contributed by atoms with van der Waals surface area (Å²) in [4.78, 5) is 8.84. The van der Waals surface area contributed by atoms with Crippen molar-refractivity contribution in [2.45, 2.75) is 27.7 Å². The van der Waals surface area contributed by atoms with E-state index in [2.05, 4.69) is 19.8 Å². The van der Waals surface area contributed by atoms with Crippen LogP contribution in [0, 0.1) is 27.7 Å². The van der Waals surface area contributed by atoms with Gasteiger partial charge in [-0.3, -0.25) is 4.72 Å². The Morgan fingerprint density at radius 2 is 1.63 bits per heavy atom. The Bertz CT molecular complexity index is 1420. The van der Waals surface area contributed by atoms with Gasteiger partial charge in [0.05, 0.1) is 5.69 Å². The summed E-state index contributed by atoms with van der Waals surface area (Å²) in [6.45, 7) is 7.79. The molecule has 0 saturated heterocycles. The zero-order chi connectivity index (χ0) is 25.0. The molecule has 2 aromatic carbocycles. The number of rotatable bonds is 9. The van der Waals surface area contributed by atoms with E-state index < -0.39 is 10.0 Å². The van der Waals surface area contributed by atoms with Crippen LogP contribution in [-0.4, -0.2) is 40.5 Å². The average Bonchev–Trinajstić information content (AvgIpc) is 3.08. The molecule has 2 heterocycles. The number of nitrogens with one attached hydrogen (secondary N) is 1. The Morgan fingerprint density at radius 1 is 0.914 bits per heavy atom. The average molecular weight is 494 g/mol. The van der Waals surface area contributed by atoms with E-state index in [4.69, 9.17) is 9.47 Å². The third-order valence-electron chi connectivity index (χ3n) is 5.39. The minimum Gasteiger partial charge on any atom is -0.492 e. The minimum absolute atomic E-state index is 0.0463. The highest BCUT2D eigenvalue weighted by Gasteiger charge is 2.14. The van der Waals surface area contributed by atoms with Gasteiger partial charge in [-0.25, -0.2) is 18.1 Å². The van der Waals surface area contributed by atoms with Crippen LogP contribution in [0.25, 0.3) is 5.82 Å². The summed E-state index contributed by atoms with van der Waals surface area (Å²) in [7, 11) is -3.57. The normalized spacial score (nSPS) is 11.3. The van der Waals surface area contributed by atoms with E-state index in [0.717, 1.165) is 17.0 Å². The SMILES string of the molecule is Cc1nc(Oc2ccc(NS(=O)(=O)CCOc3ccccc3)cc2)cc(-n2nc(C)c(C)c2C)n1. The number of ether oxygens (including phenoxy) is 2. The molecule has 0 aliphatic rings. The maximum atomic E-state index is 12.4. The molecule has 1 N–H and O–H groups in total. The van der Waals surface area contributed by atoms with E-state index in [-0.39, 0.29) is 12.4 Å². The Balaban J connectivity index is 1.40. The molecular formula is C25H27N5O4S. The molecule has 0 aliphatic carbocycles. The predicted octanol–water partition coefficient (Wildman–Crippen LogP) is 4.51. The molecule has 0 atom stereocenters. The van der Waals surface area contributed by atoms with Gasteiger partial charge in [0.25, 0.3) is 0 Å². The highest BCUT2D eigenvalue weighted by atomic mass is 32.2. The number of para-hydroxylation sites is 1. The van der Waals surface area contributed by atoms with Crippen LogP contribution in [-0.2, 0) is 10.0 Å². The zero-order valence-electron chi connectivity index (χ0n) is 20.0. The summed E-state index contributed by atoms with van der Waals surface area (Å²) < 4.78 is 40.5. The predicted molar refractivity (Wildman–Crippen MR) is 134 cm³/mol. The highest BCUT2D eigenvalue weighted by molar-refractivity contribution is 7.92. The first kappa shape index (κ1) is 24.2. The van der Waals surface area contributed by atoms with E-state index in [0.29, 0.717) is 34.7 Å². The lowest BCUT2D eigenvalue weighted by Gasteiger charge is -2.11. The van der Waals surface area contributed by atoms with E-state index >= 15 is 0 Å². The van der Waals surface area contributed by atoms with Crippen molar-refractivity contribution in [3.05, 3.63) is 83.4 Å². The van der Waals surface area contributed by atoms with Crippen LogP contribution in [0.2, 0.25) is 0 Å². The van der Waals surface area contributed by atoms with Crippen molar-refractivity contribution in [2.75, 3.05) is 17.1 Å². The van der Waals surface area contributed by atoms with Gasteiger partial charge in [0.1, 0.15) is 29.7 Å². The van der Waals surface area contributed by atoms with E-state index in [1.54, 1.807) is 54.1 Å². The standard InChI is InChI=1S/C25H27N5O4S/c1-17-18(2)28-30(19(17)3)24-16-25(27-20(4)26-24)34-23-12-10-21(11-13-23)29-35(31,32)15-14-33-22-8-6-5-7-9-22/h5-13,16,29H,14-15H2,1-4H3. The van der Waals surface area contributed by atoms with Gasteiger partial charge in [-0.1, -0.05) is 18.2 Å². The van der Waals surface area contributed by atoms with Crippen LogP contribution < -0.4 is 14.2 Å². The molecule has 0 spiro atoms. The molecule has 0 saturated carbocycles. The fourth-order valence-electron chi connectivity index (χ4n) is 3.36. The van der Waals surface area contributed by atoms with Crippen LogP contribution in [0.5, 0.6) is 17.4 Å². The quantitative estimate of drug-likeness (QED) is 0.365. The van der Waals surface area contributed by atoms with Gasteiger partial charge in [0, 0.05) is 17.4 Å². The molecule has 4 rings (SSSR count). The molecule has 10 heteroatoms. The van der Waals surface area contributed by atoms with Crippen molar-refractivity contribution in [1.82, 2.24) is 19.7 Å². The lowest BCUT2D eigenvalue weighted by Crippen LogP contribution is -2.21. The summed E-state index contributed by atoms with van der Waals surface area (Å²) in [6.07, 6.45) is 0. The first-order valence-electron chi connectivity index (χ1n) is 11.1. The molecule has 9 nitrogen and oxygen atoms in total. The van der Waals surface area contributed by atoms with Crippen LogP contribution in [0.15, 0.2) is 60.7 Å². The molecule has 35 heavy (non-hydrogen) atoms. The molecule has 2 aromatic heterocycles. The monoisotopic (exact) mass is 493 g/mol. The topological polar surface area (TPSA) is 108 Å². The van der Waals surface area contributed by atoms with Crippen LogP contribution in [0.4, 0.5) is 5.69 Å². The van der Waals surface area contributed by atoms with Crippen LogP contribution >= 0.6 is 0 Å². The first-order chi connectivity index (χ1) is 16.7. The van der Waals surface area contributed by atoms with Gasteiger partial charge in [0.2, 0.25) is 15.9 Å². The Kier molecular flexibility index (Phi) is 7.02. The second-order valence-electron chi connectivity index (χ2n) is 8.03. The molecule has 0 unspecified atom stereocenters. The number of hydrogen-bond donors (Lipinski definition) is 1. The largest absolute Gasteiger partial charge is 0.492 e. The maximum Gasteiger partial charge on any atom is 0.236 e. The zero-order valence-corrected chi connectivity index (χ0v) is 20.8. The lowest BCUT2D eigenvalue weighted by atomic mass is 10.2. The molecule has 0 aliphatic heterocycles. The van der Waals surface area contributed by atoms with E-state index in [1.807, 2.05) is 39.0 Å². The Hall–Kier alpha value is -3.92. The van der Waals surface area contributed by atoms with Crippen LogP contribution in [0.3, 0.4) is 0 Å². The number of benzene rings is 2. The summed E-state index contributed by atoms with van der Waals surface area (Å²) in [5.41, 5.74) is 3.46. The molecule has 0 fully saturated rings. The van der Waals surface area contributed by atoms with E-state index in [1.165, 1.54) is 0 Å². The van der Waals surface area contributed by atoms with Crippen molar-refractivity contribution < 1.29 is 17.9 Å². The van der Waals surface area contributed by atoms with Crippen LogP contribution in [0.1, 0.15) is 22.8 Å². The van der Waals surface area contributed by atoms with Gasteiger partial charge in [-0.05, 0) is 69.7 Å². The number of hydrogen-bond acceptors (Lipinski definition) is 7. The fraction of sp³-hybridized carbons (Fsp3) is 0.240. The van der Waals surface area contributed by atoms with Gasteiger partial charge >= 0.3 is 0 Å². The number of anilines is 1. The van der Waals surface area contributed by atoms with Crippen molar-refractivity contribution in [3.63, 3.8) is 0 Å². The number of sulfonamides is 1. The Labute approximate surface area is 204 Å². The second-order valence-corrected chi connectivity index (χ2v) is 9.87. The fourth-order valence-corrected chi connectivity index (χ4v) is 4.26. The van der Waals surface area contributed by atoms with Crippen molar-refractivity contribution >= 4 is 15.7 Å². The summed E-state index contributed by atoms with van der Waals surface area (Å²) in [6, 6.07) is 17.4. The maximum absolute atomic E-state index is 12.4. The van der Waals surface area contributed by atoms with Crippen molar-refractivity contribution in [1.29, 1.82) is 0 Å². The Morgan fingerprint density at radius 3 is 2.29 bits per heavy atom. The molecule has 0 radical (unpaired) electrons. The van der Waals surface area contributed by atoms with Crippen molar-refractivity contribution in [2.24, 2.45) is 0 Å². The lowest BCUT2D eigenvalue weighted by molar-refractivity contribution is 0.341. The summed E-state index contributed by atoms with van der Waals surface area (Å²) in [5.74, 6) is 2.49. The smallest absolute Gasteiger partial charge is 0.236 e. The third-order valence-corrected chi connectivity index (χ3v) is 6.64. The summed E-state index contributed by atoms with van der Waals surface area (Å²) >= 11 is 0. The molecule has 0 bridgehead atoms. The van der Waals surface area contributed by atoms with Gasteiger partial charge in [-0.2, -0.15) is 10.1 Å². The molecule has 4 aromatic rings. The number of nitrogens with zero attached hydrogens (tertiary/aromatic N) is 4. The number of aryl methyl sites for hydroxylation is 2. The first-order valence-corrected chi connectivity index (χ1v) is 12.7. The van der Waals surface area contributed by atoms with Crippen molar-refractivity contribution in [3.8, 4) is 23.2 Å². The number of aromatic nitrogens is 4. The third kappa shape index (κ3) is 6.15. The molecular weight excluding hydrogens is 466 g/mol. The second kappa shape index (κ2) is 10.1. The minimum atomic E-state index is -3.57.